The SMILES string of the molecule is CCCc1noc(CN2C(=O)NC(C)(c3cccc(C#N)c3)C2=O)n1. The van der Waals surface area contributed by atoms with Crippen LogP contribution in [0.3, 0.4) is 0 Å². The number of nitrogens with one attached hydrogen (secondary N) is 1. The number of amides is 3. The van der Waals surface area contributed by atoms with Crippen molar-refractivity contribution in [2.75, 3.05) is 0 Å². The third kappa shape index (κ3) is 2.96. The summed E-state index contributed by atoms with van der Waals surface area (Å²) in [6.45, 7) is 3.52. The molecule has 128 valence electrons. The minimum absolute atomic E-state index is 0.0884. The van der Waals surface area contributed by atoms with Gasteiger partial charge in [-0.3, -0.25) is 9.69 Å². The second-order valence-corrected chi connectivity index (χ2v) is 5.99. The molecule has 1 atom stereocenters. The maximum Gasteiger partial charge on any atom is 0.325 e. The van der Waals surface area contributed by atoms with E-state index in [1.54, 1.807) is 31.2 Å². The normalized spacial score (nSPS) is 19.8. The van der Waals surface area contributed by atoms with Gasteiger partial charge in [-0.1, -0.05) is 24.2 Å². The van der Waals surface area contributed by atoms with Gasteiger partial charge in [0.25, 0.3) is 5.91 Å². The van der Waals surface area contributed by atoms with E-state index in [9.17, 15) is 9.59 Å². The molecule has 1 fully saturated rings. The lowest BCUT2D eigenvalue weighted by molar-refractivity contribution is -0.131. The van der Waals surface area contributed by atoms with Crippen LogP contribution in [0.15, 0.2) is 28.8 Å². The Morgan fingerprint density at radius 3 is 2.92 bits per heavy atom. The summed E-state index contributed by atoms with van der Waals surface area (Å²) in [5.41, 5.74) is -0.277. The molecule has 0 aliphatic carbocycles. The number of carbonyl (C=O) groups is 2. The monoisotopic (exact) mass is 339 g/mol. The zero-order valence-corrected chi connectivity index (χ0v) is 13.9. The van der Waals surface area contributed by atoms with Crippen LogP contribution < -0.4 is 5.32 Å². The lowest BCUT2D eigenvalue weighted by Gasteiger charge is -2.22. The van der Waals surface area contributed by atoms with Gasteiger partial charge < -0.3 is 9.84 Å². The average molecular weight is 339 g/mol. The number of benzene rings is 1. The number of hydrogen-bond donors (Lipinski definition) is 1. The molecule has 1 unspecified atom stereocenters. The van der Waals surface area contributed by atoms with Crippen molar-refractivity contribution in [2.45, 2.75) is 38.8 Å². The first kappa shape index (κ1) is 16.6. The number of rotatable bonds is 5. The van der Waals surface area contributed by atoms with Crippen molar-refractivity contribution in [3.05, 3.63) is 47.1 Å². The summed E-state index contributed by atoms with van der Waals surface area (Å²) in [7, 11) is 0. The standard InChI is InChI=1S/C17H17N5O3/c1-3-5-13-19-14(25-21-13)10-22-15(23)17(2,20-16(22)24)12-7-4-6-11(8-12)9-18/h4,6-8H,3,5,10H2,1-2H3,(H,20,24). The number of aromatic nitrogens is 2. The Morgan fingerprint density at radius 2 is 2.20 bits per heavy atom. The van der Waals surface area contributed by atoms with Crippen LogP contribution in [-0.2, 0) is 23.3 Å². The number of urea groups is 1. The molecule has 1 aliphatic rings. The number of aryl methyl sites for hydroxylation is 1. The predicted molar refractivity (Wildman–Crippen MR) is 85.9 cm³/mol. The number of nitrogens with zero attached hydrogens (tertiary/aromatic N) is 4. The molecule has 0 spiro atoms. The number of hydrogen-bond acceptors (Lipinski definition) is 6. The topological polar surface area (TPSA) is 112 Å². The van der Waals surface area contributed by atoms with E-state index in [2.05, 4.69) is 15.5 Å². The maximum absolute atomic E-state index is 12.8. The number of nitriles is 1. The highest BCUT2D eigenvalue weighted by Crippen LogP contribution is 2.30. The van der Waals surface area contributed by atoms with Gasteiger partial charge in [0.05, 0.1) is 11.6 Å². The van der Waals surface area contributed by atoms with Crippen LogP contribution in [0.5, 0.6) is 0 Å². The molecular formula is C17H17N5O3. The first-order valence-corrected chi connectivity index (χ1v) is 7.94. The van der Waals surface area contributed by atoms with E-state index in [4.69, 9.17) is 9.78 Å². The first-order valence-electron chi connectivity index (χ1n) is 7.94. The van der Waals surface area contributed by atoms with E-state index in [-0.39, 0.29) is 12.4 Å². The highest BCUT2D eigenvalue weighted by atomic mass is 16.5. The number of carbonyl (C=O) groups excluding carboxylic acids is 2. The van der Waals surface area contributed by atoms with Crippen LogP contribution in [0.4, 0.5) is 4.79 Å². The van der Waals surface area contributed by atoms with Crippen molar-refractivity contribution in [1.82, 2.24) is 20.4 Å². The van der Waals surface area contributed by atoms with Crippen LogP contribution >= 0.6 is 0 Å². The third-order valence-corrected chi connectivity index (χ3v) is 4.12. The van der Waals surface area contributed by atoms with Crippen LogP contribution in [0.2, 0.25) is 0 Å². The van der Waals surface area contributed by atoms with Crippen LogP contribution in [0, 0.1) is 11.3 Å². The van der Waals surface area contributed by atoms with Crippen molar-refractivity contribution < 1.29 is 14.1 Å². The summed E-state index contributed by atoms with van der Waals surface area (Å²) < 4.78 is 5.11. The van der Waals surface area contributed by atoms with Gasteiger partial charge in [-0.2, -0.15) is 10.2 Å². The Bertz CT molecular complexity index is 869. The Kier molecular flexibility index (Phi) is 4.23. The summed E-state index contributed by atoms with van der Waals surface area (Å²) in [6, 6.07) is 8.10. The Balaban J connectivity index is 1.84. The third-order valence-electron chi connectivity index (χ3n) is 4.12. The zero-order valence-electron chi connectivity index (χ0n) is 13.9. The lowest BCUT2D eigenvalue weighted by atomic mass is 9.91. The molecule has 1 saturated heterocycles. The van der Waals surface area contributed by atoms with Crippen molar-refractivity contribution >= 4 is 11.9 Å². The van der Waals surface area contributed by atoms with E-state index in [1.165, 1.54) is 0 Å². The van der Waals surface area contributed by atoms with Gasteiger partial charge in [0.2, 0.25) is 5.89 Å². The molecule has 0 saturated carbocycles. The van der Waals surface area contributed by atoms with E-state index in [1.807, 2.05) is 13.0 Å². The summed E-state index contributed by atoms with van der Waals surface area (Å²) in [4.78, 5) is 30.4. The maximum atomic E-state index is 12.8. The smallest absolute Gasteiger partial charge is 0.325 e. The molecule has 1 N–H and O–H groups in total. The van der Waals surface area contributed by atoms with E-state index < -0.39 is 17.5 Å². The van der Waals surface area contributed by atoms with Crippen LogP contribution in [0.1, 0.15) is 43.1 Å². The molecule has 3 amide bonds. The molecule has 1 aromatic carbocycles. The molecule has 2 heterocycles. The molecule has 0 radical (unpaired) electrons. The minimum atomic E-state index is -1.24. The fourth-order valence-corrected chi connectivity index (χ4v) is 2.75. The Hall–Kier alpha value is -3.21. The van der Waals surface area contributed by atoms with Gasteiger partial charge in [-0.15, -0.1) is 0 Å². The molecule has 2 aromatic rings. The molecule has 8 heteroatoms. The van der Waals surface area contributed by atoms with E-state index in [0.717, 1.165) is 11.3 Å². The fourth-order valence-electron chi connectivity index (χ4n) is 2.75. The quantitative estimate of drug-likeness (QED) is 0.832. The molecule has 3 rings (SSSR count). The van der Waals surface area contributed by atoms with Gasteiger partial charge in [0, 0.05) is 6.42 Å². The average Bonchev–Trinajstić information content (AvgIpc) is 3.14. The van der Waals surface area contributed by atoms with Gasteiger partial charge in [-0.05, 0) is 31.0 Å². The highest BCUT2D eigenvalue weighted by Gasteiger charge is 2.49. The van der Waals surface area contributed by atoms with Crippen LogP contribution in [0.25, 0.3) is 0 Å². The van der Waals surface area contributed by atoms with Gasteiger partial charge in [-0.25, -0.2) is 4.79 Å². The number of imide groups is 1. The van der Waals surface area contributed by atoms with Crippen molar-refractivity contribution in [3.63, 3.8) is 0 Å². The molecule has 1 aromatic heterocycles. The highest BCUT2D eigenvalue weighted by molar-refractivity contribution is 6.07. The molecule has 8 nitrogen and oxygen atoms in total. The largest absolute Gasteiger partial charge is 0.337 e. The van der Waals surface area contributed by atoms with Crippen molar-refractivity contribution in [2.24, 2.45) is 0 Å². The summed E-state index contributed by atoms with van der Waals surface area (Å²) in [6.07, 6.45) is 1.54. The van der Waals surface area contributed by atoms with Crippen LogP contribution in [-0.4, -0.2) is 27.0 Å². The predicted octanol–water partition coefficient (Wildman–Crippen LogP) is 1.86. The summed E-state index contributed by atoms with van der Waals surface area (Å²) in [5.74, 6) is 0.332. The molecule has 25 heavy (non-hydrogen) atoms. The first-order chi connectivity index (χ1) is 12.0. The Labute approximate surface area is 144 Å². The van der Waals surface area contributed by atoms with Gasteiger partial charge in [0.1, 0.15) is 12.1 Å². The summed E-state index contributed by atoms with van der Waals surface area (Å²) in [5, 5.41) is 15.6. The summed E-state index contributed by atoms with van der Waals surface area (Å²) >= 11 is 0. The second-order valence-electron chi connectivity index (χ2n) is 5.99. The zero-order chi connectivity index (χ0) is 18.0. The lowest BCUT2D eigenvalue weighted by Crippen LogP contribution is -2.40. The van der Waals surface area contributed by atoms with Crippen molar-refractivity contribution in [3.8, 4) is 6.07 Å². The van der Waals surface area contributed by atoms with E-state index in [0.29, 0.717) is 23.4 Å². The minimum Gasteiger partial charge on any atom is -0.337 e. The molecule has 0 bridgehead atoms. The Morgan fingerprint density at radius 1 is 1.40 bits per heavy atom. The molecular weight excluding hydrogens is 322 g/mol. The fraction of sp³-hybridized carbons (Fsp3) is 0.353. The van der Waals surface area contributed by atoms with Crippen molar-refractivity contribution in [1.29, 1.82) is 5.26 Å². The van der Waals surface area contributed by atoms with Gasteiger partial charge >= 0.3 is 6.03 Å². The second kappa shape index (κ2) is 6.36. The van der Waals surface area contributed by atoms with Gasteiger partial charge in [0.15, 0.2) is 5.82 Å². The van der Waals surface area contributed by atoms with E-state index >= 15 is 0 Å². The molecule has 1 aliphatic heterocycles.